The Kier molecular flexibility index (Phi) is 16.9. The fourth-order valence-corrected chi connectivity index (χ4v) is 3.95. The molecule has 0 aliphatic carbocycles. The van der Waals surface area contributed by atoms with Crippen molar-refractivity contribution in [2.45, 2.75) is 32.7 Å². The van der Waals surface area contributed by atoms with Crippen LogP contribution in [0.15, 0.2) is 81.5 Å². The molecule has 0 spiro atoms. The van der Waals surface area contributed by atoms with Crippen LogP contribution >= 0.6 is 12.4 Å². The third-order valence-electron chi connectivity index (χ3n) is 6.12. The zero-order valence-corrected chi connectivity index (χ0v) is 26.2. The number of nitrogens with one attached hydrogen (secondary N) is 2. The summed E-state index contributed by atoms with van der Waals surface area (Å²) < 4.78 is 39.4. The van der Waals surface area contributed by atoms with Gasteiger partial charge in [0.2, 0.25) is 5.91 Å². The molecule has 1 saturated heterocycles. The Morgan fingerprint density at radius 2 is 1.83 bits per heavy atom. The standard InChI is InChI=1S/C23H23FN4O4.C4H6N2O.C3H4BNO2.ClH/c1-15(29)27-12-20-13-28(23(30)32-20)18-6-7-21(22(24)8-18)17-4-2-16(3-5-17)9-25-10-19-11-26-14-31-19;5-1-4-2-6-3-7-4;6-2-1-5-3-4-7;/h2-8,11,14,20,25H,9-10,12-13H2,1H3,(H,27,29);2-3H,1,5H2;2-3H,1H2;1H/t20-;;;/m0.../s1. The summed E-state index contributed by atoms with van der Waals surface area (Å²) in [6.45, 7) is 3.58. The van der Waals surface area contributed by atoms with Gasteiger partial charge in [0.25, 0.3) is 0 Å². The van der Waals surface area contributed by atoms with Crippen LogP contribution in [0.3, 0.4) is 0 Å². The number of amides is 2. The molecular weight excluding hydrogens is 636 g/mol. The van der Waals surface area contributed by atoms with E-state index in [1.165, 1.54) is 30.7 Å². The van der Waals surface area contributed by atoms with Crippen LogP contribution in [0.25, 0.3) is 11.1 Å². The number of oxazole rings is 2. The van der Waals surface area contributed by atoms with Crippen molar-refractivity contribution in [1.29, 1.82) is 0 Å². The van der Waals surface area contributed by atoms with E-state index < -0.39 is 18.0 Å². The molecule has 47 heavy (non-hydrogen) atoms. The molecule has 3 heterocycles. The third kappa shape index (κ3) is 13.1. The van der Waals surface area contributed by atoms with Gasteiger partial charge in [-0.15, -0.1) is 12.4 Å². The van der Waals surface area contributed by atoms with Gasteiger partial charge >= 0.3 is 46.7 Å². The number of nitrogens with two attached hydrogens (primary N) is 1. The number of halogens is 2. The maximum absolute atomic E-state index is 14.9. The van der Waals surface area contributed by atoms with E-state index in [0.717, 1.165) is 28.8 Å². The first kappa shape index (κ1) is 38.1. The summed E-state index contributed by atoms with van der Waals surface area (Å²) in [6, 6.07) is 12.2. The summed E-state index contributed by atoms with van der Waals surface area (Å²) in [5, 5.41) is 5.87. The predicted molar refractivity (Wildman–Crippen MR) is 173 cm³/mol. The summed E-state index contributed by atoms with van der Waals surface area (Å²) in [7, 11) is 0.531. The summed E-state index contributed by atoms with van der Waals surface area (Å²) >= 11 is 0. The van der Waals surface area contributed by atoms with Crippen LogP contribution in [-0.4, -0.2) is 67.3 Å². The second-order valence-electron chi connectivity index (χ2n) is 9.47. The van der Waals surface area contributed by atoms with Crippen LogP contribution in [0, 0.1) is 5.82 Å². The van der Waals surface area contributed by atoms with Gasteiger partial charge in [0.1, 0.15) is 23.4 Å². The van der Waals surface area contributed by atoms with Crippen molar-refractivity contribution in [1.82, 2.24) is 20.6 Å². The molecule has 2 aromatic heterocycles. The molecule has 4 N–H and O–H groups in total. The number of carbonyl (C=O) groups is 3. The molecule has 0 bridgehead atoms. The molecule has 1 aliphatic heterocycles. The molecule has 14 nitrogen and oxygen atoms in total. The van der Waals surface area contributed by atoms with E-state index in [-0.39, 0.29) is 37.9 Å². The molecule has 4 aromatic rings. The number of carbonyl (C=O) groups excluding carboxylic acids is 3. The minimum atomic E-state index is -0.560. The molecule has 2 aromatic carbocycles. The van der Waals surface area contributed by atoms with Gasteiger partial charge in [-0.05, 0) is 29.3 Å². The van der Waals surface area contributed by atoms with Gasteiger partial charge in [-0.3, -0.25) is 9.69 Å². The number of benzene rings is 2. The van der Waals surface area contributed by atoms with E-state index in [2.05, 4.69) is 25.6 Å². The Balaban J connectivity index is 0.000000425. The quantitative estimate of drug-likeness (QED) is 0.114. The molecule has 1 fully saturated rings. The second kappa shape index (κ2) is 20.9. The first-order chi connectivity index (χ1) is 22.3. The van der Waals surface area contributed by atoms with E-state index in [1.807, 2.05) is 24.3 Å². The molecule has 248 valence electrons. The number of hydrogen-bond acceptors (Lipinski definition) is 12. The third-order valence-corrected chi connectivity index (χ3v) is 6.12. The number of ether oxygens (including phenoxy) is 1. The van der Waals surface area contributed by atoms with Crippen molar-refractivity contribution in [2.24, 2.45) is 10.7 Å². The average Bonchev–Trinajstić information content (AvgIpc) is 3.85. The fraction of sp³-hybridized carbons (Fsp3) is 0.267. The van der Waals surface area contributed by atoms with Crippen molar-refractivity contribution in [3.05, 3.63) is 90.5 Å². The van der Waals surface area contributed by atoms with Crippen molar-refractivity contribution in [2.75, 3.05) is 24.5 Å². The van der Waals surface area contributed by atoms with Crippen LogP contribution in [0.1, 0.15) is 24.0 Å². The summed E-state index contributed by atoms with van der Waals surface area (Å²) in [6.07, 6.45) is 6.65. The van der Waals surface area contributed by atoms with E-state index in [1.54, 1.807) is 24.5 Å². The Morgan fingerprint density at radius 3 is 2.38 bits per heavy atom. The van der Waals surface area contributed by atoms with Crippen molar-refractivity contribution >= 4 is 49.6 Å². The van der Waals surface area contributed by atoms with E-state index >= 15 is 0 Å². The normalized spacial score (nSPS) is 13.3. The number of cyclic esters (lactones) is 1. The fourth-order valence-electron chi connectivity index (χ4n) is 3.95. The van der Waals surface area contributed by atoms with Crippen LogP contribution in [-0.2, 0) is 38.7 Å². The molecule has 1 atom stereocenters. The predicted octanol–water partition coefficient (Wildman–Crippen LogP) is 3.05. The molecule has 0 saturated carbocycles. The van der Waals surface area contributed by atoms with Gasteiger partial charge in [-0.25, -0.2) is 19.2 Å². The minimum absolute atomic E-state index is 0. The number of nitrogens with zero attached hydrogens (tertiary/aromatic N) is 4. The summed E-state index contributed by atoms with van der Waals surface area (Å²) in [4.78, 5) is 44.9. The number of aliphatic imine (C=N–C) groups is 1. The Morgan fingerprint density at radius 1 is 1.13 bits per heavy atom. The second-order valence-corrected chi connectivity index (χ2v) is 9.47. The molecule has 0 radical (unpaired) electrons. The van der Waals surface area contributed by atoms with Gasteiger partial charge in [0.15, 0.2) is 12.8 Å². The monoisotopic (exact) mass is 669 g/mol. The van der Waals surface area contributed by atoms with Crippen molar-refractivity contribution in [3.8, 4) is 11.1 Å². The van der Waals surface area contributed by atoms with Gasteiger partial charge in [-0.1, -0.05) is 24.3 Å². The molecule has 0 unspecified atom stereocenters. The molecular formula is C30H34BClFN7O7. The number of hydrogen-bond donors (Lipinski definition) is 3. The number of aldehydes is 1. The average molecular weight is 670 g/mol. The maximum atomic E-state index is 14.9. The Bertz CT molecular complexity index is 1560. The van der Waals surface area contributed by atoms with Crippen LogP contribution in [0.2, 0.25) is 0 Å². The van der Waals surface area contributed by atoms with Gasteiger partial charge in [0.05, 0.1) is 44.3 Å². The van der Waals surface area contributed by atoms with Crippen LogP contribution in [0.4, 0.5) is 14.9 Å². The van der Waals surface area contributed by atoms with Gasteiger partial charge in [-0.2, -0.15) is 0 Å². The van der Waals surface area contributed by atoms with Crippen LogP contribution < -0.4 is 21.3 Å². The van der Waals surface area contributed by atoms with Gasteiger partial charge in [0, 0.05) is 19.0 Å². The molecule has 5 rings (SSSR count). The molecule has 17 heteroatoms. The topological polar surface area (TPSA) is 195 Å². The van der Waals surface area contributed by atoms with E-state index in [0.29, 0.717) is 44.3 Å². The number of anilines is 1. The van der Waals surface area contributed by atoms with E-state index in [9.17, 15) is 23.5 Å². The van der Waals surface area contributed by atoms with E-state index in [4.69, 9.17) is 19.3 Å². The number of aromatic nitrogens is 2. The zero-order chi connectivity index (χ0) is 33.1. The molecule has 1 aliphatic rings. The van der Waals surface area contributed by atoms with Gasteiger partial charge < -0.3 is 29.9 Å². The van der Waals surface area contributed by atoms with Crippen molar-refractivity contribution in [3.63, 3.8) is 0 Å². The Hall–Kier alpha value is -5.06. The number of rotatable bonds is 12. The molecule has 2 amide bonds. The summed E-state index contributed by atoms with van der Waals surface area (Å²) in [5.74, 6) is 0.843. The van der Waals surface area contributed by atoms with Crippen LogP contribution in [0.5, 0.6) is 0 Å². The first-order valence-electron chi connectivity index (χ1n) is 14.0. The first-order valence-corrected chi connectivity index (χ1v) is 14.0. The van der Waals surface area contributed by atoms with Crippen molar-refractivity contribution < 1.29 is 37.0 Å². The zero-order valence-electron chi connectivity index (χ0n) is 25.4. The summed E-state index contributed by atoms with van der Waals surface area (Å²) in [5.41, 5.74) is 7.80. The SMILES string of the molecule is CC(=O)NC[C@H]1CN(c2ccc(-c3ccc(CNCc4cnco4)cc3)c(F)c2)C(=O)O1.Cl.NCc1cnco1.O=BC=NCC=O. The Labute approximate surface area is 276 Å².